The van der Waals surface area contributed by atoms with Gasteiger partial charge in [-0.15, -0.1) is 0 Å². The summed E-state index contributed by atoms with van der Waals surface area (Å²) in [6.45, 7) is 2.07. The van der Waals surface area contributed by atoms with Gasteiger partial charge in [0, 0.05) is 23.7 Å². The largest absolute Gasteiger partial charge is 0.326 e. The molecule has 25 heavy (non-hydrogen) atoms. The molecule has 0 unspecified atom stereocenters. The number of hydrogen-bond acceptors (Lipinski definition) is 3. The lowest BCUT2D eigenvalue weighted by Gasteiger charge is -2.22. The molecule has 0 aliphatic carbocycles. The minimum absolute atomic E-state index is 0.0494. The van der Waals surface area contributed by atoms with E-state index in [9.17, 15) is 13.2 Å². The summed E-state index contributed by atoms with van der Waals surface area (Å²) in [4.78, 5) is 12.2. The van der Waals surface area contributed by atoms with E-state index in [1.54, 1.807) is 24.3 Å². The van der Waals surface area contributed by atoms with Crippen LogP contribution in [0.1, 0.15) is 18.9 Å². The van der Waals surface area contributed by atoms with E-state index in [1.807, 2.05) is 31.2 Å². The molecule has 0 spiro atoms. The number of anilines is 2. The smallest absolute Gasteiger partial charge is 0.232 e. The maximum Gasteiger partial charge on any atom is 0.232 e. The predicted molar refractivity (Wildman–Crippen MR) is 103 cm³/mol. The van der Waals surface area contributed by atoms with Crippen LogP contribution in [0.3, 0.4) is 0 Å². The Bertz CT molecular complexity index is 836. The van der Waals surface area contributed by atoms with E-state index in [4.69, 9.17) is 11.6 Å². The molecular weight excluding hydrogens is 360 g/mol. The molecular formula is C18H21ClN2O3S. The first-order valence-corrected chi connectivity index (χ1v) is 10.1. The molecule has 0 saturated heterocycles. The van der Waals surface area contributed by atoms with Gasteiger partial charge >= 0.3 is 0 Å². The highest BCUT2D eigenvalue weighted by Gasteiger charge is 2.18. The third-order valence-electron chi connectivity index (χ3n) is 3.73. The van der Waals surface area contributed by atoms with Crippen LogP contribution in [0.5, 0.6) is 0 Å². The Labute approximate surface area is 153 Å². The molecule has 0 atom stereocenters. The van der Waals surface area contributed by atoms with Gasteiger partial charge in [-0.1, -0.05) is 36.7 Å². The summed E-state index contributed by atoms with van der Waals surface area (Å²) < 4.78 is 25.3. The van der Waals surface area contributed by atoms with Crippen molar-refractivity contribution in [3.63, 3.8) is 0 Å². The Morgan fingerprint density at radius 3 is 2.36 bits per heavy atom. The van der Waals surface area contributed by atoms with Gasteiger partial charge in [0.15, 0.2) is 0 Å². The lowest BCUT2D eigenvalue weighted by molar-refractivity contribution is -0.116. The van der Waals surface area contributed by atoms with Crippen molar-refractivity contribution in [2.75, 3.05) is 22.4 Å². The first-order valence-electron chi connectivity index (χ1n) is 7.92. The molecule has 0 aromatic heterocycles. The topological polar surface area (TPSA) is 66.5 Å². The molecule has 0 fully saturated rings. The molecule has 2 rings (SSSR count). The van der Waals surface area contributed by atoms with Crippen LogP contribution >= 0.6 is 11.6 Å². The summed E-state index contributed by atoms with van der Waals surface area (Å²) in [7, 11) is -3.50. The number of para-hydroxylation sites is 1. The van der Waals surface area contributed by atoms with Gasteiger partial charge in [-0.25, -0.2) is 8.42 Å². The molecule has 2 aromatic carbocycles. The van der Waals surface area contributed by atoms with Crippen molar-refractivity contribution in [2.24, 2.45) is 0 Å². The second-order valence-electron chi connectivity index (χ2n) is 5.62. The van der Waals surface area contributed by atoms with Gasteiger partial charge in [-0.2, -0.15) is 0 Å². The summed E-state index contributed by atoms with van der Waals surface area (Å²) in [6.07, 6.45) is 1.97. The number of hydrogen-bond donors (Lipinski definition) is 1. The zero-order valence-corrected chi connectivity index (χ0v) is 15.8. The molecule has 7 heteroatoms. The molecule has 0 aliphatic rings. The van der Waals surface area contributed by atoms with Crippen molar-refractivity contribution < 1.29 is 13.2 Å². The van der Waals surface area contributed by atoms with E-state index in [1.165, 1.54) is 4.31 Å². The quantitative estimate of drug-likeness (QED) is 0.796. The molecule has 0 aliphatic heterocycles. The highest BCUT2D eigenvalue weighted by atomic mass is 35.5. The number of rotatable bonds is 7. The fraction of sp³-hybridized carbons (Fsp3) is 0.278. The molecule has 0 bridgehead atoms. The van der Waals surface area contributed by atoms with E-state index in [2.05, 4.69) is 5.32 Å². The Morgan fingerprint density at radius 1 is 1.12 bits per heavy atom. The number of nitrogens with zero attached hydrogens (tertiary/aromatic N) is 1. The maximum atomic E-state index is 12.2. The summed E-state index contributed by atoms with van der Waals surface area (Å²) >= 11 is 5.84. The van der Waals surface area contributed by atoms with Crippen molar-refractivity contribution in [2.45, 2.75) is 19.8 Å². The summed E-state index contributed by atoms with van der Waals surface area (Å²) in [6, 6.07) is 14.0. The van der Waals surface area contributed by atoms with E-state index in [-0.39, 0.29) is 18.9 Å². The number of aryl methyl sites for hydroxylation is 1. The molecule has 0 heterocycles. The van der Waals surface area contributed by atoms with E-state index < -0.39 is 10.0 Å². The summed E-state index contributed by atoms with van der Waals surface area (Å²) in [5.74, 6) is -0.233. The maximum absolute atomic E-state index is 12.2. The molecule has 5 nitrogen and oxygen atoms in total. The van der Waals surface area contributed by atoms with Gasteiger partial charge in [0.2, 0.25) is 15.9 Å². The standard InChI is InChI=1S/C18H21ClN2O3S/c1-3-14-6-4-5-7-17(14)20-18(22)12-13-21(25(2,23)24)16-10-8-15(19)9-11-16/h4-11H,3,12-13H2,1-2H3,(H,20,22). The third kappa shape index (κ3) is 5.47. The minimum Gasteiger partial charge on any atom is -0.326 e. The lowest BCUT2D eigenvalue weighted by atomic mass is 10.1. The van der Waals surface area contributed by atoms with Gasteiger partial charge in [0.05, 0.1) is 11.9 Å². The van der Waals surface area contributed by atoms with Gasteiger partial charge in [0.25, 0.3) is 0 Å². The van der Waals surface area contributed by atoms with Crippen LogP contribution in [0, 0.1) is 0 Å². The molecule has 2 aromatic rings. The Morgan fingerprint density at radius 2 is 1.76 bits per heavy atom. The van der Waals surface area contributed by atoms with E-state index in [0.717, 1.165) is 23.9 Å². The fourth-order valence-electron chi connectivity index (χ4n) is 2.46. The van der Waals surface area contributed by atoms with Gasteiger partial charge in [-0.05, 0) is 42.3 Å². The first kappa shape index (κ1) is 19.3. The zero-order chi connectivity index (χ0) is 18.4. The van der Waals surface area contributed by atoms with Crippen molar-refractivity contribution in [3.05, 3.63) is 59.1 Å². The SMILES string of the molecule is CCc1ccccc1NC(=O)CCN(c1ccc(Cl)cc1)S(C)(=O)=O. The van der Waals surface area contributed by atoms with Crippen LogP contribution in [-0.2, 0) is 21.2 Å². The molecule has 0 saturated carbocycles. The summed E-state index contributed by atoms with van der Waals surface area (Å²) in [5, 5.41) is 3.37. The first-order chi connectivity index (χ1) is 11.8. The van der Waals surface area contributed by atoms with Crippen molar-refractivity contribution in [1.82, 2.24) is 0 Å². The Kier molecular flexibility index (Phi) is 6.45. The van der Waals surface area contributed by atoms with Crippen LogP contribution in [0.15, 0.2) is 48.5 Å². The molecule has 1 N–H and O–H groups in total. The van der Waals surface area contributed by atoms with Crippen LogP contribution in [0.4, 0.5) is 11.4 Å². The Hall–Kier alpha value is -2.05. The molecule has 134 valence electrons. The van der Waals surface area contributed by atoms with Crippen LogP contribution in [0.2, 0.25) is 5.02 Å². The van der Waals surface area contributed by atoms with Crippen LogP contribution < -0.4 is 9.62 Å². The average molecular weight is 381 g/mol. The molecule has 0 radical (unpaired) electrons. The van der Waals surface area contributed by atoms with Gasteiger partial charge in [0.1, 0.15) is 0 Å². The van der Waals surface area contributed by atoms with Gasteiger partial charge in [-0.3, -0.25) is 9.10 Å². The van der Waals surface area contributed by atoms with Crippen molar-refractivity contribution >= 4 is 38.9 Å². The van der Waals surface area contributed by atoms with Crippen LogP contribution in [0.25, 0.3) is 0 Å². The van der Waals surface area contributed by atoms with E-state index in [0.29, 0.717) is 10.7 Å². The Balaban J connectivity index is 2.08. The second kappa shape index (κ2) is 8.36. The highest BCUT2D eigenvalue weighted by molar-refractivity contribution is 7.92. The number of halogens is 1. The monoisotopic (exact) mass is 380 g/mol. The second-order valence-corrected chi connectivity index (χ2v) is 7.96. The zero-order valence-electron chi connectivity index (χ0n) is 14.2. The number of sulfonamides is 1. The number of nitrogens with one attached hydrogen (secondary N) is 1. The van der Waals surface area contributed by atoms with Gasteiger partial charge < -0.3 is 5.32 Å². The lowest BCUT2D eigenvalue weighted by Crippen LogP contribution is -2.33. The predicted octanol–water partition coefficient (Wildman–Crippen LogP) is 3.70. The number of carbonyl (C=O) groups is 1. The minimum atomic E-state index is -3.50. The molecule has 1 amide bonds. The number of amides is 1. The number of benzene rings is 2. The summed E-state index contributed by atoms with van der Waals surface area (Å²) in [5.41, 5.74) is 2.27. The van der Waals surface area contributed by atoms with Crippen molar-refractivity contribution in [3.8, 4) is 0 Å². The fourth-order valence-corrected chi connectivity index (χ4v) is 3.51. The third-order valence-corrected chi connectivity index (χ3v) is 5.18. The van der Waals surface area contributed by atoms with Crippen molar-refractivity contribution in [1.29, 1.82) is 0 Å². The number of carbonyl (C=O) groups excluding carboxylic acids is 1. The highest BCUT2D eigenvalue weighted by Crippen LogP contribution is 2.21. The normalized spacial score (nSPS) is 11.2. The van der Waals surface area contributed by atoms with Crippen LogP contribution in [-0.4, -0.2) is 27.1 Å². The van der Waals surface area contributed by atoms with E-state index >= 15 is 0 Å². The average Bonchev–Trinajstić information content (AvgIpc) is 2.56.